The maximum Gasteiger partial charge on any atom is 0.165 e. The fourth-order valence-corrected chi connectivity index (χ4v) is 1.80. The molecular formula is C11H14FNO. The van der Waals surface area contributed by atoms with E-state index in [-0.39, 0.29) is 18.0 Å². The average molecular weight is 195 g/mol. The summed E-state index contributed by atoms with van der Waals surface area (Å²) in [6.45, 7) is 0. The van der Waals surface area contributed by atoms with Gasteiger partial charge in [-0.1, -0.05) is 12.1 Å². The van der Waals surface area contributed by atoms with Crippen molar-refractivity contribution in [2.24, 2.45) is 5.73 Å². The molecule has 1 aliphatic carbocycles. The Hall–Kier alpha value is -1.09. The molecule has 76 valence electrons. The monoisotopic (exact) mass is 195 g/mol. The Bertz CT molecular complexity index is 316. The molecule has 2 N–H and O–H groups in total. The van der Waals surface area contributed by atoms with Crippen LogP contribution in [0.5, 0.6) is 5.75 Å². The highest BCUT2D eigenvalue weighted by Crippen LogP contribution is 2.25. The number of nitrogens with two attached hydrogens (primary N) is 1. The van der Waals surface area contributed by atoms with E-state index in [1.54, 1.807) is 18.2 Å². The van der Waals surface area contributed by atoms with E-state index in [4.69, 9.17) is 10.5 Å². The van der Waals surface area contributed by atoms with Crippen LogP contribution in [0, 0.1) is 5.82 Å². The van der Waals surface area contributed by atoms with E-state index in [1.807, 2.05) is 0 Å². The molecule has 0 heterocycles. The van der Waals surface area contributed by atoms with Crippen LogP contribution >= 0.6 is 0 Å². The first-order valence-electron chi connectivity index (χ1n) is 4.92. The second-order valence-electron chi connectivity index (χ2n) is 3.74. The summed E-state index contributed by atoms with van der Waals surface area (Å²) in [7, 11) is 0. The van der Waals surface area contributed by atoms with E-state index in [2.05, 4.69) is 0 Å². The third kappa shape index (κ3) is 2.04. The molecule has 0 bridgehead atoms. The Morgan fingerprint density at radius 2 is 2.07 bits per heavy atom. The van der Waals surface area contributed by atoms with Crippen molar-refractivity contribution in [1.82, 2.24) is 0 Å². The standard InChI is InChI=1S/C11H14FNO/c12-10-3-1-2-4-11(10)14-9-6-5-8(13)7-9/h1-4,8-9H,5-7,13H2. The average Bonchev–Trinajstić information content (AvgIpc) is 2.56. The number of para-hydroxylation sites is 1. The molecule has 0 amide bonds. The summed E-state index contributed by atoms with van der Waals surface area (Å²) in [5, 5.41) is 0. The SMILES string of the molecule is NC1CCC(Oc2ccccc2F)C1. The zero-order chi connectivity index (χ0) is 9.97. The zero-order valence-corrected chi connectivity index (χ0v) is 7.95. The molecule has 0 aliphatic heterocycles. The van der Waals surface area contributed by atoms with Gasteiger partial charge < -0.3 is 10.5 Å². The quantitative estimate of drug-likeness (QED) is 0.784. The molecule has 1 saturated carbocycles. The highest BCUT2D eigenvalue weighted by Gasteiger charge is 2.23. The van der Waals surface area contributed by atoms with Crippen molar-refractivity contribution < 1.29 is 9.13 Å². The van der Waals surface area contributed by atoms with Gasteiger partial charge in [0.05, 0.1) is 0 Å². The molecule has 2 unspecified atom stereocenters. The number of hydrogen-bond acceptors (Lipinski definition) is 2. The van der Waals surface area contributed by atoms with Gasteiger partial charge in [0, 0.05) is 6.04 Å². The van der Waals surface area contributed by atoms with E-state index < -0.39 is 0 Å². The van der Waals surface area contributed by atoms with E-state index in [9.17, 15) is 4.39 Å². The number of hydrogen-bond donors (Lipinski definition) is 1. The Labute approximate surface area is 82.9 Å². The molecule has 2 nitrogen and oxygen atoms in total. The van der Waals surface area contributed by atoms with Crippen molar-refractivity contribution in [3.05, 3.63) is 30.1 Å². The molecule has 2 atom stereocenters. The first-order valence-corrected chi connectivity index (χ1v) is 4.92. The van der Waals surface area contributed by atoms with Crippen LogP contribution in [-0.2, 0) is 0 Å². The highest BCUT2D eigenvalue weighted by molar-refractivity contribution is 5.24. The third-order valence-corrected chi connectivity index (χ3v) is 2.56. The second kappa shape index (κ2) is 3.96. The van der Waals surface area contributed by atoms with Gasteiger partial charge in [-0.15, -0.1) is 0 Å². The molecule has 3 heteroatoms. The molecule has 2 rings (SSSR count). The molecule has 0 spiro atoms. The van der Waals surface area contributed by atoms with Gasteiger partial charge in [0.15, 0.2) is 11.6 Å². The van der Waals surface area contributed by atoms with Crippen molar-refractivity contribution in [2.45, 2.75) is 31.4 Å². The lowest BCUT2D eigenvalue weighted by atomic mass is 10.2. The fourth-order valence-electron chi connectivity index (χ4n) is 1.80. The van der Waals surface area contributed by atoms with E-state index in [0.717, 1.165) is 19.3 Å². The van der Waals surface area contributed by atoms with Crippen LogP contribution in [0.3, 0.4) is 0 Å². The summed E-state index contributed by atoms with van der Waals surface area (Å²) in [5.41, 5.74) is 5.74. The molecular weight excluding hydrogens is 181 g/mol. The Morgan fingerprint density at radius 1 is 1.29 bits per heavy atom. The fraction of sp³-hybridized carbons (Fsp3) is 0.455. The number of rotatable bonds is 2. The van der Waals surface area contributed by atoms with E-state index in [1.165, 1.54) is 6.07 Å². The van der Waals surface area contributed by atoms with E-state index >= 15 is 0 Å². The molecule has 0 radical (unpaired) electrons. The van der Waals surface area contributed by atoms with Gasteiger partial charge in [-0.2, -0.15) is 0 Å². The number of halogens is 1. The topological polar surface area (TPSA) is 35.2 Å². The van der Waals surface area contributed by atoms with Gasteiger partial charge in [-0.25, -0.2) is 4.39 Å². The van der Waals surface area contributed by atoms with Crippen LogP contribution < -0.4 is 10.5 Å². The lowest BCUT2D eigenvalue weighted by Crippen LogP contribution is -2.19. The van der Waals surface area contributed by atoms with Gasteiger partial charge in [0.1, 0.15) is 6.10 Å². The maximum atomic E-state index is 13.2. The minimum Gasteiger partial charge on any atom is -0.487 e. The summed E-state index contributed by atoms with van der Waals surface area (Å²) in [5.74, 6) is 0.0413. The second-order valence-corrected chi connectivity index (χ2v) is 3.74. The molecule has 1 aliphatic rings. The Kier molecular flexibility index (Phi) is 2.68. The largest absolute Gasteiger partial charge is 0.487 e. The van der Waals surface area contributed by atoms with Gasteiger partial charge in [-0.3, -0.25) is 0 Å². The predicted molar refractivity (Wildman–Crippen MR) is 52.6 cm³/mol. The smallest absolute Gasteiger partial charge is 0.165 e. The normalized spacial score (nSPS) is 26.4. The van der Waals surface area contributed by atoms with Crippen molar-refractivity contribution >= 4 is 0 Å². The highest BCUT2D eigenvalue weighted by atomic mass is 19.1. The summed E-state index contributed by atoms with van der Waals surface area (Å²) in [6.07, 6.45) is 2.81. The van der Waals surface area contributed by atoms with Crippen LogP contribution in [0.4, 0.5) is 4.39 Å². The lowest BCUT2D eigenvalue weighted by molar-refractivity contribution is 0.199. The predicted octanol–water partition coefficient (Wildman–Crippen LogP) is 2.08. The Balaban J connectivity index is 2.01. The van der Waals surface area contributed by atoms with Gasteiger partial charge in [0.25, 0.3) is 0 Å². The summed E-state index contributed by atoms with van der Waals surface area (Å²) < 4.78 is 18.7. The number of benzene rings is 1. The minimum atomic E-state index is -0.298. The van der Waals surface area contributed by atoms with Crippen LogP contribution in [0.2, 0.25) is 0 Å². The molecule has 1 aromatic rings. The number of ether oxygens (including phenoxy) is 1. The van der Waals surface area contributed by atoms with Gasteiger partial charge in [0.2, 0.25) is 0 Å². The summed E-state index contributed by atoms with van der Waals surface area (Å²) in [6, 6.07) is 6.70. The molecule has 14 heavy (non-hydrogen) atoms. The first kappa shape index (κ1) is 9.46. The Morgan fingerprint density at radius 3 is 2.71 bits per heavy atom. The van der Waals surface area contributed by atoms with Gasteiger partial charge in [-0.05, 0) is 31.4 Å². The summed E-state index contributed by atoms with van der Waals surface area (Å²) >= 11 is 0. The minimum absolute atomic E-state index is 0.0851. The molecule has 1 fully saturated rings. The third-order valence-electron chi connectivity index (χ3n) is 2.56. The van der Waals surface area contributed by atoms with Crippen LogP contribution in [0.1, 0.15) is 19.3 Å². The summed E-state index contributed by atoms with van der Waals surface area (Å²) in [4.78, 5) is 0. The molecule has 1 aromatic carbocycles. The zero-order valence-electron chi connectivity index (χ0n) is 7.95. The van der Waals surface area contributed by atoms with Crippen LogP contribution in [0.25, 0.3) is 0 Å². The van der Waals surface area contributed by atoms with Crippen molar-refractivity contribution in [2.75, 3.05) is 0 Å². The van der Waals surface area contributed by atoms with Gasteiger partial charge >= 0.3 is 0 Å². The van der Waals surface area contributed by atoms with Crippen molar-refractivity contribution in [3.8, 4) is 5.75 Å². The molecule has 0 saturated heterocycles. The van der Waals surface area contributed by atoms with E-state index in [0.29, 0.717) is 5.75 Å². The van der Waals surface area contributed by atoms with Crippen LogP contribution in [-0.4, -0.2) is 12.1 Å². The van der Waals surface area contributed by atoms with Crippen molar-refractivity contribution in [3.63, 3.8) is 0 Å². The molecule has 0 aromatic heterocycles. The lowest BCUT2D eigenvalue weighted by Gasteiger charge is -2.13. The van der Waals surface area contributed by atoms with Crippen LogP contribution in [0.15, 0.2) is 24.3 Å². The van der Waals surface area contributed by atoms with Crippen molar-refractivity contribution in [1.29, 1.82) is 0 Å². The first-order chi connectivity index (χ1) is 6.75. The maximum absolute atomic E-state index is 13.2.